The molecule has 0 bridgehead atoms. The van der Waals surface area contributed by atoms with Crippen molar-refractivity contribution in [2.24, 2.45) is 0 Å². The number of carbonyl (C=O) groups excluding carboxylic acids is 1. The van der Waals surface area contributed by atoms with Crippen LogP contribution in [0.15, 0.2) is 36.7 Å². The van der Waals surface area contributed by atoms with E-state index in [2.05, 4.69) is 20.0 Å². The standard InChI is InChI=1S/C27H38FN6O7P/c1-8-33(7)23-21-24(31-18(5)30-23)34(15-29-21)26-27(6,28)22(35)20(40-26)14-38-42(37,41-19-12-10-9-11-13-19)32-17(4)25(36)39-16(2)3/h9-13,15-17,20,22,26,35H,8,14H2,1-7H3,(H,32,37)/t17-,20+,22+,26+,27+,42+/m0/s1. The molecule has 1 aliphatic rings. The van der Waals surface area contributed by atoms with Gasteiger partial charge in [-0.05, 0) is 53.7 Å². The number of aliphatic hydroxyl groups excluding tert-OH is 1. The molecule has 0 amide bonds. The van der Waals surface area contributed by atoms with Crippen molar-refractivity contribution in [2.75, 3.05) is 25.1 Å². The largest absolute Gasteiger partial charge is 0.462 e. The molecule has 0 unspecified atom stereocenters. The molecule has 2 N–H and O–H groups in total. The molecule has 6 atom stereocenters. The second kappa shape index (κ2) is 12.6. The molecule has 1 aromatic carbocycles. The number of hydrogen-bond acceptors (Lipinski definition) is 11. The van der Waals surface area contributed by atoms with Crippen LogP contribution in [0.4, 0.5) is 10.2 Å². The van der Waals surface area contributed by atoms with Crippen LogP contribution >= 0.6 is 7.75 Å². The zero-order valence-corrected chi connectivity index (χ0v) is 25.6. The van der Waals surface area contributed by atoms with Crippen molar-refractivity contribution in [1.82, 2.24) is 24.6 Å². The van der Waals surface area contributed by atoms with Crippen LogP contribution in [0.5, 0.6) is 5.75 Å². The Morgan fingerprint density at radius 2 is 1.98 bits per heavy atom. The molecule has 1 fully saturated rings. The highest BCUT2D eigenvalue weighted by atomic mass is 31.2. The third kappa shape index (κ3) is 6.73. The number of halogens is 1. The fourth-order valence-corrected chi connectivity index (χ4v) is 5.95. The third-order valence-electron chi connectivity index (χ3n) is 6.76. The highest BCUT2D eigenvalue weighted by Crippen LogP contribution is 2.48. The summed E-state index contributed by atoms with van der Waals surface area (Å²) in [5, 5.41) is 13.5. The highest BCUT2D eigenvalue weighted by molar-refractivity contribution is 7.52. The van der Waals surface area contributed by atoms with Crippen LogP contribution in [0.1, 0.15) is 46.7 Å². The van der Waals surface area contributed by atoms with Crippen molar-refractivity contribution < 1.29 is 37.4 Å². The predicted octanol–water partition coefficient (Wildman–Crippen LogP) is 3.71. The van der Waals surface area contributed by atoms with Gasteiger partial charge in [-0.3, -0.25) is 13.9 Å². The number of rotatable bonds is 12. The maximum absolute atomic E-state index is 16.1. The Kier molecular flexibility index (Phi) is 9.53. The fourth-order valence-electron chi connectivity index (χ4n) is 4.45. The first-order chi connectivity index (χ1) is 19.8. The molecule has 15 heteroatoms. The van der Waals surface area contributed by atoms with Gasteiger partial charge >= 0.3 is 13.7 Å². The summed E-state index contributed by atoms with van der Waals surface area (Å²) in [7, 11) is -2.41. The van der Waals surface area contributed by atoms with E-state index in [0.717, 1.165) is 0 Å². The number of para-hydroxylation sites is 1. The number of hydrogen-bond donors (Lipinski definition) is 2. The molecule has 3 heterocycles. The number of nitrogens with one attached hydrogen (secondary N) is 1. The number of fused-ring (bicyclic) bond motifs is 1. The van der Waals surface area contributed by atoms with E-state index in [1.807, 2.05) is 18.9 Å². The van der Waals surface area contributed by atoms with Gasteiger partial charge < -0.3 is 24.0 Å². The molecule has 0 saturated carbocycles. The molecule has 1 aliphatic heterocycles. The smallest absolute Gasteiger partial charge is 0.459 e. The average molecular weight is 609 g/mol. The van der Waals surface area contributed by atoms with Crippen LogP contribution in [0.25, 0.3) is 11.2 Å². The molecule has 2 aromatic heterocycles. The summed E-state index contributed by atoms with van der Waals surface area (Å²) in [6, 6.07) is 7.12. The summed E-state index contributed by atoms with van der Waals surface area (Å²) in [6.45, 7) is 9.81. The molecule has 230 valence electrons. The summed E-state index contributed by atoms with van der Waals surface area (Å²) >= 11 is 0. The van der Waals surface area contributed by atoms with Gasteiger partial charge in [-0.2, -0.15) is 5.09 Å². The molecule has 0 aliphatic carbocycles. The van der Waals surface area contributed by atoms with E-state index in [-0.39, 0.29) is 5.75 Å². The molecule has 3 aromatic rings. The van der Waals surface area contributed by atoms with Gasteiger partial charge in [-0.25, -0.2) is 23.9 Å². The fraction of sp³-hybridized carbons (Fsp3) is 0.556. The monoisotopic (exact) mass is 608 g/mol. The van der Waals surface area contributed by atoms with Gasteiger partial charge in [0.25, 0.3) is 0 Å². The van der Waals surface area contributed by atoms with E-state index in [1.54, 1.807) is 51.1 Å². The molecular formula is C27H38FN6O7P. The van der Waals surface area contributed by atoms with Crippen molar-refractivity contribution in [1.29, 1.82) is 0 Å². The summed E-state index contributed by atoms with van der Waals surface area (Å²) in [4.78, 5) is 27.6. The molecule has 1 saturated heterocycles. The topological polar surface area (TPSA) is 150 Å². The maximum Gasteiger partial charge on any atom is 0.459 e. The number of aryl methyl sites for hydroxylation is 1. The SMILES string of the molecule is CCN(C)c1nc(C)nc2c1ncn2[C@@H]1O[C@H](CO[P@](=O)(N[C@@H](C)C(=O)OC(C)C)Oc2ccccc2)[C@@H](O)[C@@]1(C)F. The van der Waals surface area contributed by atoms with Gasteiger partial charge in [0.05, 0.1) is 19.0 Å². The Hall–Kier alpha value is -3.16. The quantitative estimate of drug-likeness (QED) is 0.228. The minimum Gasteiger partial charge on any atom is -0.462 e. The molecule has 42 heavy (non-hydrogen) atoms. The van der Waals surface area contributed by atoms with Crippen molar-refractivity contribution in [3.05, 3.63) is 42.5 Å². The first kappa shape index (κ1) is 31.8. The first-order valence-electron chi connectivity index (χ1n) is 13.7. The van der Waals surface area contributed by atoms with E-state index in [1.165, 1.54) is 24.7 Å². The highest BCUT2D eigenvalue weighted by Gasteiger charge is 2.56. The van der Waals surface area contributed by atoms with Gasteiger partial charge in [0.15, 0.2) is 28.9 Å². The molecule has 4 rings (SSSR count). The Labute approximate surface area is 243 Å². The lowest BCUT2D eigenvalue weighted by Gasteiger charge is -2.25. The second-order valence-electron chi connectivity index (χ2n) is 10.6. The number of carbonyl (C=O) groups is 1. The number of nitrogens with zero attached hydrogens (tertiary/aromatic N) is 5. The lowest BCUT2D eigenvalue weighted by atomic mass is 9.98. The summed E-state index contributed by atoms with van der Waals surface area (Å²) < 4.78 is 53.8. The van der Waals surface area contributed by atoms with Crippen LogP contribution in [-0.2, 0) is 23.4 Å². The predicted molar refractivity (Wildman–Crippen MR) is 153 cm³/mol. The van der Waals surface area contributed by atoms with Gasteiger partial charge in [0.2, 0.25) is 0 Å². The Bertz CT molecular complexity index is 1440. The average Bonchev–Trinajstić information content (AvgIpc) is 3.44. The zero-order chi connectivity index (χ0) is 30.8. The van der Waals surface area contributed by atoms with Crippen LogP contribution in [0, 0.1) is 6.92 Å². The minimum absolute atomic E-state index is 0.201. The van der Waals surface area contributed by atoms with Crippen molar-refractivity contribution in [3.8, 4) is 5.75 Å². The Morgan fingerprint density at radius 3 is 2.62 bits per heavy atom. The summed E-state index contributed by atoms with van der Waals surface area (Å²) in [6.07, 6.45) is -3.31. The first-order valence-corrected chi connectivity index (χ1v) is 15.2. The molecule has 13 nitrogen and oxygen atoms in total. The van der Waals surface area contributed by atoms with Crippen LogP contribution in [-0.4, -0.2) is 80.8 Å². The van der Waals surface area contributed by atoms with E-state index in [9.17, 15) is 14.5 Å². The third-order valence-corrected chi connectivity index (χ3v) is 8.40. The van der Waals surface area contributed by atoms with Crippen molar-refractivity contribution in [3.63, 3.8) is 0 Å². The number of ether oxygens (including phenoxy) is 2. The number of imidazole rings is 1. The number of aliphatic hydroxyl groups is 1. The number of esters is 1. The maximum atomic E-state index is 16.1. The van der Waals surface area contributed by atoms with Gasteiger partial charge in [-0.1, -0.05) is 18.2 Å². The van der Waals surface area contributed by atoms with Crippen LogP contribution in [0.3, 0.4) is 0 Å². The van der Waals surface area contributed by atoms with Crippen molar-refractivity contribution in [2.45, 2.75) is 77.8 Å². The minimum atomic E-state index is -4.27. The zero-order valence-electron chi connectivity index (χ0n) is 24.7. The Balaban J connectivity index is 1.58. The van der Waals surface area contributed by atoms with Gasteiger partial charge in [0.1, 0.15) is 29.8 Å². The van der Waals surface area contributed by atoms with E-state index in [0.29, 0.717) is 29.4 Å². The number of benzene rings is 1. The number of anilines is 1. The number of aromatic nitrogens is 4. The van der Waals surface area contributed by atoms with E-state index < -0.39 is 56.6 Å². The normalized spacial score (nSPS) is 24.5. The molecule has 0 spiro atoms. The van der Waals surface area contributed by atoms with E-state index in [4.69, 9.17) is 18.5 Å². The summed E-state index contributed by atoms with van der Waals surface area (Å²) in [5.41, 5.74) is -1.54. The lowest BCUT2D eigenvalue weighted by molar-refractivity contribution is -0.149. The number of alkyl halides is 1. The van der Waals surface area contributed by atoms with Crippen LogP contribution in [0.2, 0.25) is 0 Å². The summed E-state index contributed by atoms with van der Waals surface area (Å²) in [5.74, 6) is 0.560. The van der Waals surface area contributed by atoms with Crippen molar-refractivity contribution >= 4 is 30.7 Å². The van der Waals surface area contributed by atoms with Gasteiger partial charge in [-0.15, -0.1) is 0 Å². The van der Waals surface area contributed by atoms with Crippen LogP contribution < -0.4 is 14.5 Å². The molecular weight excluding hydrogens is 570 g/mol. The second-order valence-corrected chi connectivity index (χ2v) is 12.3. The Morgan fingerprint density at radius 1 is 1.29 bits per heavy atom. The van der Waals surface area contributed by atoms with E-state index >= 15 is 4.39 Å². The van der Waals surface area contributed by atoms with Gasteiger partial charge in [0, 0.05) is 13.6 Å². The lowest BCUT2D eigenvalue weighted by Crippen LogP contribution is -2.41. The molecule has 0 radical (unpaired) electrons.